The molecule has 0 aliphatic rings. The van der Waals surface area contributed by atoms with Crippen molar-refractivity contribution in [3.63, 3.8) is 0 Å². The van der Waals surface area contributed by atoms with E-state index in [-0.39, 0.29) is 18.1 Å². The number of nitrogens with zero attached hydrogens (tertiary/aromatic N) is 3. The van der Waals surface area contributed by atoms with Crippen LogP contribution in [-0.2, 0) is 13.2 Å². The molecule has 0 radical (unpaired) electrons. The van der Waals surface area contributed by atoms with Gasteiger partial charge in [0.05, 0.1) is 28.5 Å². The Balaban J connectivity index is 1.40. The number of hydrogen-bond donors (Lipinski definition) is 1. The Bertz CT molecular complexity index is 1400. The minimum atomic E-state index is -0.494. The van der Waals surface area contributed by atoms with Gasteiger partial charge < -0.3 is 14.5 Å². The third kappa shape index (κ3) is 5.49. The molecule has 0 saturated carbocycles. The Kier molecular flexibility index (Phi) is 6.83. The third-order valence-corrected chi connectivity index (χ3v) is 5.62. The number of ether oxygens (including phenoxy) is 1. The number of nitro groups is 1. The highest BCUT2D eigenvalue weighted by atomic mass is 35.5. The SMILES string of the molecule is Cc1nn(Cc2ccc(F)cc2Cl)c(C)c1NC(=O)c1ccc(COc2ccc([N+](=O)[O-])cc2)o1. The van der Waals surface area contributed by atoms with Crippen LogP contribution in [0.2, 0.25) is 5.02 Å². The first kappa shape index (κ1) is 24.0. The molecule has 0 spiro atoms. The van der Waals surface area contributed by atoms with Gasteiger partial charge in [0.1, 0.15) is 23.9 Å². The lowest BCUT2D eigenvalue weighted by atomic mass is 10.2. The molecule has 2 heterocycles. The van der Waals surface area contributed by atoms with E-state index in [0.29, 0.717) is 45.7 Å². The molecule has 180 valence electrons. The van der Waals surface area contributed by atoms with Crippen LogP contribution >= 0.6 is 11.6 Å². The van der Waals surface area contributed by atoms with Crippen LogP contribution in [0.25, 0.3) is 0 Å². The number of rotatable bonds is 8. The zero-order chi connectivity index (χ0) is 25.1. The highest BCUT2D eigenvalue weighted by molar-refractivity contribution is 6.31. The number of furan rings is 1. The second-order valence-electron chi connectivity index (χ2n) is 7.70. The van der Waals surface area contributed by atoms with E-state index in [1.807, 2.05) is 0 Å². The van der Waals surface area contributed by atoms with Gasteiger partial charge in [-0.15, -0.1) is 0 Å². The summed E-state index contributed by atoms with van der Waals surface area (Å²) in [4.78, 5) is 23.0. The molecule has 1 amide bonds. The summed E-state index contributed by atoms with van der Waals surface area (Å²) >= 11 is 6.13. The highest BCUT2D eigenvalue weighted by Gasteiger charge is 2.18. The van der Waals surface area contributed by atoms with Crippen LogP contribution in [-0.4, -0.2) is 20.6 Å². The van der Waals surface area contributed by atoms with Gasteiger partial charge in [-0.1, -0.05) is 17.7 Å². The number of hydrogen-bond acceptors (Lipinski definition) is 6. The first-order valence-electron chi connectivity index (χ1n) is 10.5. The molecular formula is C24H20ClFN4O5. The Labute approximate surface area is 204 Å². The highest BCUT2D eigenvalue weighted by Crippen LogP contribution is 2.25. The number of carbonyl (C=O) groups excluding carboxylic acids is 1. The standard InChI is InChI=1S/C24H20ClFN4O5/c1-14-23(15(2)29(28-14)12-16-3-4-17(26)11-21(16)25)27-24(31)22-10-9-20(35-22)13-34-19-7-5-18(6-8-19)30(32)33/h3-11H,12-13H2,1-2H3,(H,27,31). The van der Waals surface area contributed by atoms with Crippen molar-refractivity contribution in [3.8, 4) is 5.75 Å². The molecule has 0 unspecified atom stereocenters. The molecular weight excluding hydrogens is 479 g/mol. The van der Waals surface area contributed by atoms with E-state index in [1.54, 1.807) is 30.7 Å². The van der Waals surface area contributed by atoms with E-state index in [9.17, 15) is 19.3 Å². The first-order chi connectivity index (χ1) is 16.7. The molecule has 4 rings (SSSR count). The molecule has 4 aromatic rings. The van der Waals surface area contributed by atoms with Crippen molar-refractivity contribution in [2.75, 3.05) is 5.32 Å². The summed E-state index contributed by atoms with van der Waals surface area (Å²) in [7, 11) is 0. The summed E-state index contributed by atoms with van der Waals surface area (Å²) < 4.78 is 26.1. The Morgan fingerprint density at radius 3 is 2.63 bits per heavy atom. The fourth-order valence-electron chi connectivity index (χ4n) is 3.41. The molecule has 0 aliphatic carbocycles. The number of amides is 1. The normalized spacial score (nSPS) is 10.9. The number of carbonyl (C=O) groups is 1. The van der Waals surface area contributed by atoms with Gasteiger partial charge >= 0.3 is 0 Å². The molecule has 9 nitrogen and oxygen atoms in total. The summed E-state index contributed by atoms with van der Waals surface area (Å²) in [6, 6.07) is 12.9. The molecule has 0 fully saturated rings. The fourth-order valence-corrected chi connectivity index (χ4v) is 3.64. The molecule has 0 atom stereocenters. The maximum atomic E-state index is 13.3. The van der Waals surface area contributed by atoms with Crippen molar-refractivity contribution in [2.45, 2.75) is 27.0 Å². The minimum absolute atomic E-state index is 0.0380. The fraction of sp³-hybridized carbons (Fsp3) is 0.167. The van der Waals surface area contributed by atoms with Gasteiger partial charge in [-0.05, 0) is 55.8 Å². The lowest BCUT2D eigenvalue weighted by Crippen LogP contribution is -2.12. The summed E-state index contributed by atoms with van der Waals surface area (Å²) in [6.07, 6.45) is 0. The topological polar surface area (TPSA) is 112 Å². The van der Waals surface area contributed by atoms with Crippen LogP contribution in [0.4, 0.5) is 15.8 Å². The van der Waals surface area contributed by atoms with E-state index >= 15 is 0 Å². The molecule has 0 saturated heterocycles. The Morgan fingerprint density at radius 1 is 1.20 bits per heavy atom. The number of nitrogens with one attached hydrogen (secondary N) is 1. The van der Waals surface area contributed by atoms with Crippen molar-refractivity contribution in [1.82, 2.24) is 9.78 Å². The van der Waals surface area contributed by atoms with Crippen LogP contribution < -0.4 is 10.1 Å². The lowest BCUT2D eigenvalue weighted by Gasteiger charge is -2.08. The zero-order valence-electron chi connectivity index (χ0n) is 18.7. The van der Waals surface area contributed by atoms with Crippen molar-refractivity contribution in [1.29, 1.82) is 0 Å². The molecule has 0 aliphatic heterocycles. The Morgan fingerprint density at radius 2 is 1.94 bits per heavy atom. The number of anilines is 1. The quantitative estimate of drug-likeness (QED) is 0.247. The summed E-state index contributed by atoms with van der Waals surface area (Å²) in [5, 5.41) is 18.3. The van der Waals surface area contributed by atoms with Gasteiger partial charge in [-0.3, -0.25) is 19.6 Å². The number of aryl methyl sites for hydroxylation is 1. The van der Waals surface area contributed by atoms with Crippen LogP contribution in [0.3, 0.4) is 0 Å². The molecule has 2 aromatic carbocycles. The zero-order valence-corrected chi connectivity index (χ0v) is 19.5. The number of nitro benzene ring substituents is 1. The van der Waals surface area contributed by atoms with Crippen molar-refractivity contribution in [2.24, 2.45) is 0 Å². The van der Waals surface area contributed by atoms with Crippen LogP contribution in [0.5, 0.6) is 5.75 Å². The van der Waals surface area contributed by atoms with Gasteiger partial charge in [0.15, 0.2) is 5.76 Å². The molecule has 0 bridgehead atoms. The summed E-state index contributed by atoms with van der Waals surface area (Å²) in [5.74, 6) is 0.0372. The van der Waals surface area contributed by atoms with E-state index in [0.717, 1.165) is 0 Å². The average Bonchev–Trinajstić information content (AvgIpc) is 3.40. The largest absolute Gasteiger partial charge is 0.486 e. The summed E-state index contributed by atoms with van der Waals surface area (Å²) in [6.45, 7) is 3.92. The van der Waals surface area contributed by atoms with Crippen LogP contribution in [0.15, 0.2) is 59.0 Å². The van der Waals surface area contributed by atoms with E-state index < -0.39 is 16.6 Å². The molecule has 2 aromatic heterocycles. The van der Waals surface area contributed by atoms with Gasteiger partial charge in [0.2, 0.25) is 0 Å². The van der Waals surface area contributed by atoms with Crippen LogP contribution in [0.1, 0.15) is 33.3 Å². The summed E-state index contributed by atoms with van der Waals surface area (Å²) in [5.41, 5.74) is 2.49. The number of non-ortho nitro benzene ring substituents is 1. The van der Waals surface area contributed by atoms with E-state index in [4.69, 9.17) is 20.8 Å². The van der Waals surface area contributed by atoms with E-state index in [1.165, 1.54) is 42.5 Å². The van der Waals surface area contributed by atoms with Crippen LogP contribution in [0, 0.1) is 29.8 Å². The van der Waals surface area contributed by atoms with Crippen molar-refractivity contribution < 1.29 is 23.3 Å². The maximum Gasteiger partial charge on any atom is 0.291 e. The minimum Gasteiger partial charge on any atom is -0.486 e. The molecule has 1 N–H and O–H groups in total. The Hall–Kier alpha value is -4.18. The van der Waals surface area contributed by atoms with Gasteiger partial charge in [-0.25, -0.2) is 4.39 Å². The van der Waals surface area contributed by atoms with E-state index in [2.05, 4.69) is 10.4 Å². The smallest absolute Gasteiger partial charge is 0.291 e. The number of benzene rings is 2. The van der Waals surface area contributed by atoms with Crippen molar-refractivity contribution >= 4 is 28.9 Å². The van der Waals surface area contributed by atoms with Gasteiger partial charge in [0.25, 0.3) is 11.6 Å². The third-order valence-electron chi connectivity index (χ3n) is 5.27. The van der Waals surface area contributed by atoms with Gasteiger partial charge in [-0.2, -0.15) is 5.10 Å². The lowest BCUT2D eigenvalue weighted by molar-refractivity contribution is -0.384. The van der Waals surface area contributed by atoms with Crippen molar-refractivity contribution in [3.05, 3.63) is 104 Å². The average molecular weight is 499 g/mol. The van der Waals surface area contributed by atoms with Gasteiger partial charge in [0, 0.05) is 17.2 Å². The number of halogens is 2. The first-order valence-corrected chi connectivity index (χ1v) is 10.8. The monoisotopic (exact) mass is 498 g/mol. The molecule has 11 heteroatoms. The maximum absolute atomic E-state index is 13.3. The molecule has 35 heavy (non-hydrogen) atoms. The second-order valence-corrected chi connectivity index (χ2v) is 8.11. The number of aromatic nitrogens is 2. The predicted octanol–water partition coefficient (Wildman–Crippen LogP) is 5.67. The second kappa shape index (κ2) is 9.98. The predicted molar refractivity (Wildman–Crippen MR) is 126 cm³/mol.